The van der Waals surface area contributed by atoms with E-state index in [-0.39, 0.29) is 51.8 Å². The first-order valence-electron chi connectivity index (χ1n) is 8.99. The average Bonchev–Trinajstić information content (AvgIpc) is 2.43. The number of aliphatic carboxylic acids is 1. The molecule has 0 aliphatic carbocycles. The van der Waals surface area contributed by atoms with E-state index in [4.69, 9.17) is 5.11 Å². The standard InChI is InChI=1S/C18H36O2.2Mg.4H/c1-2-3-4-5-6-7-8-9-10-11-12-13-14-15-16-17-18(19)20;;;;;;/h2-17H2,1H3,(H,19,20);;;;;;/q;2*+2;4*-1. The predicted molar refractivity (Wildman–Crippen MR) is 103 cm³/mol. The Morgan fingerprint density at radius 2 is 0.909 bits per heavy atom. The van der Waals surface area contributed by atoms with Crippen molar-refractivity contribution >= 4 is 52.1 Å². The minimum Gasteiger partial charge on any atom is -1.00 e. The van der Waals surface area contributed by atoms with Gasteiger partial charge in [-0.1, -0.05) is 96.8 Å². The molecule has 0 rings (SSSR count). The quantitative estimate of drug-likeness (QED) is 0.276. The fourth-order valence-corrected chi connectivity index (χ4v) is 2.65. The van der Waals surface area contributed by atoms with E-state index in [0.717, 1.165) is 12.8 Å². The zero-order valence-corrected chi connectivity index (χ0v) is 17.9. The SMILES string of the molecule is CCCCCCCCCCCCCCCCCC(=O)O.[H-].[H-].[H-].[H-].[Mg+2].[Mg+2]. The summed E-state index contributed by atoms with van der Waals surface area (Å²) in [5.41, 5.74) is 0. The van der Waals surface area contributed by atoms with E-state index < -0.39 is 5.97 Å². The summed E-state index contributed by atoms with van der Waals surface area (Å²) in [5, 5.41) is 8.52. The van der Waals surface area contributed by atoms with Gasteiger partial charge in [-0.2, -0.15) is 0 Å². The van der Waals surface area contributed by atoms with Crippen LogP contribution < -0.4 is 0 Å². The van der Waals surface area contributed by atoms with Gasteiger partial charge >= 0.3 is 52.1 Å². The van der Waals surface area contributed by atoms with Crippen molar-refractivity contribution in [1.29, 1.82) is 0 Å². The summed E-state index contributed by atoms with van der Waals surface area (Å²) >= 11 is 0. The molecule has 22 heavy (non-hydrogen) atoms. The second-order valence-electron chi connectivity index (χ2n) is 6.09. The van der Waals surface area contributed by atoms with Gasteiger partial charge in [0.1, 0.15) is 0 Å². The Hall–Kier alpha value is 1.00. The number of unbranched alkanes of at least 4 members (excludes halogenated alkanes) is 14. The van der Waals surface area contributed by atoms with Crippen LogP contribution in [0.2, 0.25) is 0 Å². The molecule has 0 aromatic heterocycles. The van der Waals surface area contributed by atoms with E-state index in [0.29, 0.717) is 6.42 Å². The molecule has 0 saturated heterocycles. The zero-order valence-electron chi connectivity index (χ0n) is 19.1. The Bertz CT molecular complexity index is 227. The third-order valence-corrected chi connectivity index (χ3v) is 3.99. The van der Waals surface area contributed by atoms with Crippen molar-refractivity contribution in [3.63, 3.8) is 0 Å². The number of hydrogen-bond acceptors (Lipinski definition) is 1. The first kappa shape index (κ1) is 27.8. The normalized spacial score (nSPS) is 9.86. The van der Waals surface area contributed by atoms with Crippen LogP contribution in [0.4, 0.5) is 0 Å². The molecular formula is C18H40Mg2O2. The van der Waals surface area contributed by atoms with E-state index in [2.05, 4.69) is 6.92 Å². The van der Waals surface area contributed by atoms with Crippen LogP contribution in [0.3, 0.4) is 0 Å². The maximum atomic E-state index is 10.3. The van der Waals surface area contributed by atoms with Gasteiger partial charge in [-0.05, 0) is 6.42 Å². The monoisotopic (exact) mass is 336 g/mol. The molecule has 1 N–H and O–H groups in total. The summed E-state index contributed by atoms with van der Waals surface area (Å²) in [6.45, 7) is 2.27. The van der Waals surface area contributed by atoms with Crippen molar-refractivity contribution in [1.82, 2.24) is 0 Å². The van der Waals surface area contributed by atoms with Gasteiger partial charge in [-0.25, -0.2) is 0 Å². The molecule has 0 aliphatic heterocycles. The first-order chi connectivity index (χ1) is 9.77. The van der Waals surface area contributed by atoms with Crippen molar-refractivity contribution in [2.24, 2.45) is 0 Å². The van der Waals surface area contributed by atoms with Crippen LogP contribution in [-0.2, 0) is 4.79 Å². The summed E-state index contributed by atoms with van der Waals surface area (Å²) in [7, 11) is 0. The van der Waals surface area contributed by atoms with Gasteiger partial charge in [0, 0.05) is 6.42 Å². The van der Waals surface area contributed by atoms with Crippen LogP contribution >= 0.6 is 0 Å². The fourth-order valence-electron chi connectivity index (χ4n) is 2.65. The fraction of sp³-hybridized carbons (Fsp3) is 0.944. The van der Waals surface area contributed by atoms with Crippen molar-refractivity contribution in [3.05, 3.63) is 0 Å². The zero-order chi connectivity index (χ0) is 14.9. The van der Waals surface area contributed by atoms with E-state index in [1.165, 1.54) is 83.5 Å². The molecule has 0 aromatic carbocycles. The topological polar surface area (TPSA) is 37.3 Å². The van der Waals surface area contributed by atoms with Crippen LogP contribution in [0.1, 0.15) is 115 Å². The van der Waals surface area contributed by atoms with Crippen molar-refractivity contribution in [2.75, 3.05) is 0 Å². The Morgan fingerprint density at radius 3 is 1.18 bits per heavy atom. The molecule has 0 unspecified atom stereocenters. The largest absolute Gasteiger partial charge is 2.00 e. The third kappa shape index (κ3) is 25.9. The Labute approximate surface area is 176 Å². The summed E-state index contributed by atoms with van der Waals surface area (Å²) < 4.78 is 0. The summed E-state index contributed by atoms with van der Waals surface area (Å²) in [6.07, 6.45) is 20.2. The summed E-state index contributed by atoms with van der Waals surface area (Å²) in [6, 6.07) is 0. The Balaban J connectivity index is -0.000000120. The molecule has 0 atom stereocenters. The van der Waals surface area contributed by atoms with Crippen LogP contribution in [0, 0.1) is 0 Å². The van der Waals surface area contributed by atoms with Gasteiger partial charge in [0.25, 0.3) is 0 Å². The number of carboxylic acids is 1. The van der Waals surface area contributed by atoms with Gasteiger partial charge in [0.2, 0.25) is 0 Å². The van der Waals surface area contributed by atoms with Gasteiger partial charge in [0.05, 0.1) is 0 Å². The maximum Gasteiger partial charge on any atom is 2.00 e. The molecule has 2 nitrogen and oxygen atoms in total. The molecule has 0 heterocycles. The van der Waals surface area contributed by atoms with Gasteiger partial charge in [-0.15, -0.1) is 0 Å². The number of rotatable bonds is 16. The van der Waals surface area contributed by atoms with Crippen LogP contribution in [0.25, 0.3) is 0 Å². The Morgan fingerprint density at radius 1 is 0.636 bits per heavy atom. The van der Waals surface area contributed by atoms with Gasteiger partial charge in [0.15, 0.2) is 0 Å². The predicted octanol–water partition coefficient (Wildman–Crippen LogP) is 6.02. The van der Waals surface area contributed by atoms with E-state index in [1.54, 1.807) is 0 Å². The van der Waals surface area contributed by atoms with Crippen LogP contribution in [0.5, 0.6) is 0 Å². The van der Waals surface area contributed by atoms with Crippen LogP contribution in [-0.4, -0.2) is 57.2 Å². The smallest absolute Gasteiger partial charge is 1.00 e. The van der Waals surface area contributed by atoms with E-state index >= 15 is 0 Å². The number of carbonyl (C=O) groups is 1. The molecule has 128 valence electrons. The van der Waals surface area contributed by atoms with E-state index in [9.17, 15) is 4.79 Å². The van der Waals surface area contributed by atoms with E-state index in [1.807, 2.05) is 0 Å². The minimum atomic E-state index is -0.653. The van der Waals surface area contributed by atoms with Gasteiger partial charge < -0.3 is 10.8 Å². The number of carboxylic acid groups (broad SMARTS) is 1. The molecular weight excluding hydrogens is 297 g/mol. The molecule has 0 spiro atoms. The maximum absolute atomic E-state index is 10.3. The van der Waals surface area contributed by atoms with Crippen LogP contribution in [0.15, 0.2) is 0 Å². The molecule has 0 aromatic rings. The van der Waals surface area contributed by atoms with Crippen molar-refractivity contribution in [3.8, 4) is 0 Å². The van der Waals surface area contributed by atoms with Crippen molar-refractivity contribution < 1.29 is 15.6 Å². The third-order valence-electron chi connectivity index (χ3n) is 3.99. The molecule has 0 aliphatic rings. The molecule has 0 amide bonds. The minimum absolute atomic E-state index is 0. The molecule has 0 fully saturated rings. The molecule has 0 radical (unpaired) electrons. The Kier molecular flexibility index (Phi) is 30.7. The van der Waals surface area contributed by atoms with Gasteiger partial charge in [-0.3, -0.25) is 4.79 Å². The number of hydrogen-bond donors (Lipinski definition) is 1. The summed E-state index contributed by atoms with van der Waals surface area (Å²) in [4.78, 5) is 10.3. The second kappa shape index (κ2) is 24.3. The molecule has 0 bridgehead atoms. The van der Waals surface area contributed by atoms with Crippen molar-refractivity contribution in [2.45, 2.75) is 110 Å². The first-order valence-corrected chi connectivity index (χ1v) is 8.99. The summed E-state index contributed by atoms with van der Waals surface area (Å²) in [5.74, 6) is -0.653. The second-order valence-corrected chi connectivity index (χ2v) is 6.09. The molecule has 0 saturated carbocycles. The molecule has 4 heteroatoms. The average molecular weight is 337 g/mol.